The quantitative estimate of drug-likeness (QED) is 0.760. The van der Waals surface area contributed by atoms with Crippen LogP contribution in [0.15, 0.2) is 6.20 Å². The van der Waals surface area contributed by atoms with Crippen LogP contribution in [0.1, 0.15) is 24.6 Å². The zero-order valence-electron chi connectivity index (χ0n) is 9.65. The van der Waals surface area contributed by atoms with Gasteiger partial charge in [-0.3, -0.25) is 4.90 Å². The molecule has 1 heterocycles. The topological polar surface area (TPSA) is 48.4 Å². The lowest BCUT2D eigenvalue weighted by Gasteiger charge is -2.19. The maximum atomic E-state index is 9.01. The van der Waals surface area contributed by atoms with Gasteiger partial charge in [0.15, 0.2) is 5.13 Å². The summed E-state index contributed by atoms with van der Waals surface area (Å²) in [5.74, 6) is 0. The van der Waals surface area contributed by atoms with E-state index in [9.17, 15) is 0 Å². The Labute approximate surface area is 100 Å². The van der Waals surface area contributed by atoms with Crippen LogP contribution in [0.25, 0.3) is 0 Å². The van der Waals surface area contributed by atoms with Crippen molar-refractivity contribution in [3.63, 3.8) is 0 Å². The number of aromatic nitrogens is 1. The molecule has 0 radical (unpaired) electrons. The van der Waals surface area contributed by atoms with Gasteiger partial charge in [0.05, 0.1) is 6.61 Å². The summed E-state index contributed by atoms with van der Waals surface area (Å²) >= 11 is 1.71. The van der Waals surface area contributed by atoms with Gasteiger partial charge in [-0.05, 0) is 19.8 Å². The number of aliphatic hydroxyl groups excluding tert-OH is 1. The summed E-state index contributed by atoms with van der Waals surface area (Å²) in [6.45, 7) is 4.93. The molecule has 0 amide bonds. The Morgan fingerprint density at radius 3 is 3.06 bits per heavy atom. The molecular formula is C11H19N3OS. The van der Waals surface area contributed by atoms with Gasteiger partial charge in [0.1, 0.15) is 0 Å². The lowest BCUT2D eigenvalue weighted by Crippen LogP contribution is -2.28. The van der Waals surface area contributed by atoms with Crippen LogP contribution in [0, 0.1) is 0 Å². The summed E-state index contributed by atoms with van der Waals surface area (Å²) in [7, 11) is 0. The van der Waals surface area contributed by atoms with Crippen molar-refractivity contribution < 1.29 is 5.11 Å². The molecule has 0 bridgehead atoms. The summed E-state index contributed by atoms with van der Waals surface area (Å²) in [5, 5.41) is 13.2. The average molecular weight is 241 g/mol. The van der Waals surface area contributed by atoms with Crippen LogP contribution in [-0.2, 0) is 6.54 Å². The van der Waals surface area contributed by atoms with Gasteiger partial charge in [-0.15, -0.1) is 11.3 Å². The van der Waals surface area contributed by atoms with Gasteiger partial charge in [-0.2, -0.15) is 0 Å². The van der Waals surface area contributed by atoms with E-state index in [1.54, 1.807) is 11.3 Å². The van der Waals surface area contributed by atoms with E-state index in [-0.39, 0.29) is 6.61 Å². The summed E-state index contributed by atoms with van der Waals surface area (Å²) in [6, 6.07) is 0.692. The molecule has 0 saturated heterocycles. The zero-order valence-corrected chi connectivity index (χ0v) is 10.5. The number of anilines is 1. The Hall–Kier alpha value is -0.650. The smallest absolute Gasteiger partial charge is 0.182 e. The molecule has 4 nitrogen and oxygen atoms in total. The number of hydrogen-bond donors (Lipinski definition) is 2. The fraction of sp³-hybridized carbons (Fsp3) is 0.727. The summed E-state index contributed by atoms with van der Waals surface area (Å²) in [5.41, 5.74) is 0. The third-order valence-electron chi connectivity index (χ3n) is 2.69. The fourth-order valence-electron chi connectivity index (χ4n) is 1.77. The van der Waals surface area contributed by atoms with Crippen molar-refractivity contribution in [1.82, 2.24) is 9.88 Å². The van der Waals surface area contributed by atoms with Crippen molar-refractivity contribution in [1.29, 1.82) is 0 Å². The molecule has 0 aliphatic heterocycles. The highest BCUT2D eigenvalue weighted by molar-refractivity contribution is 7.15. The van der Waals surface area contributed by atoms with E-state index < -0.39 is 0 Å². The molecule has 0 aromatic carbocycles. The number of aliphatic hydroxyl groups is 1. The third kappa shape index (κ3) is 3.17. The van der Waals surface area contributed by atoms with Gasteiger partial charge < -0.3 is 10.4 Å². The Morgan fingerprint density at radius 1 is 1.62 bits per heavy atom. The molecule has 1 aromatic heterocycles. The molecule has 2 N–H and O–H groups in total. The number of hydrogen-bond acceptors (Lipinski definition) is 5. The van der Waals surface area contributed by atoms with Crippen molar-refractivity contribution >= 4 is 16.5 Å². The molecule has 90 valence electrons. The normalized spacial score (nSPS) is 15.7. The fourth-order valence-corrected chi connectivity index (χ4v) is 2.68. The molecule has 0 spiro atoms. The maximum absolute atomic E-state index is 9.01. The van der Waals surface area contributed by atoms with Crippen LogP contribution < -0.4 is 5.32 Å². The second-order valence-electron chi connectivity index (χ2n) is 4.09. The van der Waals surface area contributed by atoms with E-state index in [2.05, 4.69) is 22.1 Å². The van der Waals surface area contributed by atoms with Crippen LogP contribution in [0.4, 0.5) is 5.13 Å². The Balaban J connectivity index is 1.89. The van der Waals surface area contributed by atoms with Crippen molar-refractivity contribution in [2.75, 3.05) is 25.0 Å². The van der Waals surface area contributed by atoms with E-state index in [4.69, 9.17) is 5.11 Å². The molecule has 1 aliphatic rings. The third-order valence-corrected chi connectivity index (χ3v) is 3.63. The number of nitrogens with one attached hydrogen (secondary N) is 1. The van der Waals surface area contributed by atoms with Crippen LogP contribution in [-0.4, -0.2) is 40.7 Å². The summed E-state index contributed by atoms with van der Waals surface area (Å²) in [6.07, 6.45) is 4.49. The van der Waals surface area contributed by atoms with Crippen molar-refractivity contribution in [2.24, 2.45) is 0 Å². The minimum atomic E-state index is 0.245. The van der Waals surface area contributed by atoms with Gasteiger partial charge in [-0.25, -0.2) is 4.98 Å². The molecule has 5 heteroatoms. The highest BCUT2D eigenvalue weighted by atomic mass is 32.1. The van der Waals surface area contributed by atoms with E-state index in [0.717, 1.165) is 24.8 Å². The van der Waals surface area contributed by atoms with Gasteiger partial charge in [0.25, 0.3) is 0 Å². The highest BCUT2D eigenvalue weighted by Crippen LogP contribution is 2.29. The molecule has 1 aliphatic carbocycles. The van der Waals surface area contributed by atoms with Crippen LogP contribution in [0.5, 0.6) is 0 Å². The minimum Gasteiger partial charge on any atom is -0.395 e. The molecule has 16 heavy (non-hydrogen) atoms. The molecule has 1 saturated carbocycles. The largest absolute Gasteiger partial charge is 0.395 e. The van der Waals surface area contributed by atoms with Crippen LogP contribution in [0.3, 0.4) is 0 Å². The van der Waals surface area contributed by atoms with Crippen LogP contribution in [0.2, 0.25) is 0 Å². The SMILES string of the molecule is CCNc1ncc(CN(CCO)C2CC2)s1. The highest BCUT2D eigenvalue weighted by Gasteiger charge is 2.28. The maximum Gasteiger partial charge on any atom is 0.182 e. The second-order valence-corrected chi connectivity index (χ2v) is 5.20. The number of nitrogens with zero attached hydrogens (tertiary/aromatic N) is 2. The Bertz CT molecular complexity index is 325. The molecular weight excluding hydrogens is 222 g/mol. The van der Waals surface area contributed by atoms with E-state index in [1.165, 1.54) is 17.7 Å². The van der Waals surface area contributed by atoms with E-state index in [1.807, 2.05) is 6.20 Å². The average Bonchev–Trinajstić information content (AvgIpc) is 3.02. The molecule has 0 unspecified atom stereocenters. The first-order valence-electron chi connectivity index (χ1n) is 5.87. The Morgan fingerprint density at radius 2 is 2.44 bits per heavy atom. The van der Waals surface area contributed by atoms with Gasteiger partial charge in [0, 0.05) is 36.8 Å². The Kier molecular flexibility index (Phi) is 4.15. The van der Waals surface area contributed by atoms with Crippen molar-refractivity contribution in [3.8, 4) is 0 Å². The monoisotopic (exact) mass is 241 g/mol. The minimum absolute atomic E-state index is 0.245. The first-order valence-corrected chi connectivity index (χ1v) is 6.68. The summed E-state index contributed by atoms with van der Waals surface area (Å²) < 4.78 is 0. The van der Waals surface area contributed by atoms with E-state index in [0.29, 0.717) is 6.04 Å². The predicted molar refractivity (Wildman–Crippen MR) is 66.8 cm³/mol. The predicted octanol–water partition coefficient (Wildman–Crippen LogP) is 1.53. The lowest BCUT2D eigenvalue weighted by molar-refractivity contribution is 0.184. The van der Waals surface area contributed by atoms with Gasteiger partial charge in [0.2, 0.25) is 0 Å². The standard InChI is InChI=1S/C11H19N3OS/c1-2-12-11-13-7-10(16-11)8-14(5-6-15)9-3-4-9/h7,9,15H,2-6,8H2,1H3,(H,12,13). The first kappa shape index (κ1) is 11.8. The lowest BCUT2D eigenvalue weighted by atomic mass is 10.4. The van der Waals surface area contributed by atoms with Crippen molar-refractivity contribution in [2.45, 2.75) is 32.4 Å². The number of rotatable bonds is 7. The molecule has 1 aromatic rings. The van der Waals surface area contributed by atoms with E-state index >= 15 is 0 Å². The second kappa shape index (κ2) is 5.61. The molecule has 1 fully saturated rings. The zero-order chi connectivity index (χ0) is 11.4. The van der Waals surface area contributed by atoms with Gasteiger partial charge >= 0.3 is 0 Å². The van der Waals surface area contributed by atoms with Gasteiger partial charge in [-0.1, -0.05) is 0 Å². The first-order chi connectivity index (χ1) is 7.83. The van der Waals surface area contributed by atoms with Crippen molar-refractivity contribution in [3.05, 3.63) is 11.1 Å². The molecule has 0 atom stereocenters. The molecule has 2 rings (SSSR count). The van der Waals surface area contributed by atoms with Crippen LogP contribution >= 0.6 is 11.3 Å². The number of thiazole rings is 1. The summed E-state index contributed by atoms with van der Waals surface area (Å²) in [4.78, 5) is 7.94.